The summed E-state index contributed by atoms with van der Waals surface area (Å²) >= 11 is 0. The largest absolute Gasteiger partial charge is 0.496 e. The summed E-state index contributed by atoms with van der Waals surface area (Å²) in [5.41, 5.74) is 9.69. The van der Waals surface area contributed by atoms with Crippen molar-refractivity contribution in [1.82, 2.24) is 4.98 Å². The Bertz CT molecular complexity index is 588. The van der Waals surface area contributed by atoms with E-state index in [0.29, 0.717) is 18.9 Å². The summed E-state index contributed by atoms with van der Waals surface area (Å²) in [4.78, 5) is 4.41. The Hall–Kier alpha value is -1.81. The van der Waals surface area contributed by atoms with Gasteiger partial charge in [0.1, 0.15) is 5.75 Å². The fourth-order valence-corrected chi connectivity index (χ4v) is 2.19. The lowest BCUT2D eigenvalue weighted by Crippen LogP contribution is -2.02. The number of rotatable bonds is 4. The molecular formula is C15H20N2O2. The molecular weight excluding hydrogens is 240 g/mol. The Morgan fingerprint density at radius 3 is 2.58 bits per heavy atom. The second-order valence-corrected chi connectivity index (χ2v) is 4.70. The molecule has 0 aliphatic rings. The average Bonchev–Trinajstić information content (AvgIpc) is 2.73. The summed E-state index contributed by atoms with van der Waals surface area (Å²) < 4.78 is 11.1. The van der Waals surface area contributed by atoms with Crippen molar-refractivity contribution in [2.75, 3.05) is 13.7 Å². The summed E-state index contributed by atoms with van der Waals surface area (Å²) in [6.07, 6.45) is 0.662. The number of nitrogens with zero attached hydrogens (tertiary/aromatic N) is 1. The van der Waals surface area contributed by atoms with Crippen LogP contribution in [0.4, 0.5) is 0 Å². The van der Waals surface area contributed by atoms with Gasteiger partial charge in [-0.05, 0) is 44.0 Å². The number of hydrogen-bond donors (Lipinski definition) is 1. The molecule has 19 heavy (non-hydrogen) atoms. The van der Waals surface area contributed by atoms with Crippen LogP contribution in [0.3, 0.4) is 0 Å². The van der Waals surface area contributed by atoms with Gasteiger partial charge in [0.15, 0.2) is 11.7 Å². The monoisotopic (exact) mass is 260 g/mol. The first-order valence-corrected chi connectivity index (χ1v) is 6.38. The lowest BCUT2D eigenvalue weighted by atomic mass is 10.0. The summed E-state index contributed by atoms with van der Waals surface area (Å²) in [7, 11) is 1.68. The first kappa shape index (κ1) is 13.6. The molecule has 0 bridgehead atoms. The van der Waals surface area contributed by atoms with Crippen LogP contribution in [0, 0.1) is 20.8 Å². The molecule has 0 saturated carbocycles. The molecule has 1 heterocycles. The Labute approximate surface area is 113 Å². The molecule has 2 rings (SSSR count). The highest BCUT2D eigenvalue weighted by molar-refractivity contribution is 5.66. The van der Waals surface area contributed by atoms with Crippen molar-refractivity contribution in [3.63, 3.8) is 0 Å². The lowest BCUT2D eigenvalue weighted by Gasteiger charge is -2.10. The smallest absolute Gasteiger partial charge is 0.196 e. The van der Waals surface area contributed by atoms with Gasteiger partial charge in [0.2, 0.25) is 0 Å². The lowest BCUT2D eigenvalue weighted by molar-refractivity contribution is 0.411. The zero-order chi connectivity index (χ0) is 14.0. The van der Waals surface area contributed by atoms with E-state index in [9.17, 15) is 0 Å². The quantitative estimate of drug-likeness (QED) is 0.918. The highest BCUT2D eigenvalue weighted by atomic mass is 16.5. The van der Waals surface area contributed by atoms with Gasteiger partial charge in [0, 0.05) is 18.5 Å². The van der Waals surface area contributed by atoms with Gasteiger partial charge in [0.25, 0.3) is 0 Å². The molecule has 0 aliphatic heterocycles. The number of benzene rings is 1. The van der Waals surface area contributed by atoms with Crippen molar-refractivity contribution in [3.05, 3.63) is 34.8 Å². The fourth-order valence-electron chi connectivity index (χ4n) is 2.19. The second-order valence-electron chi connectivity index (χ2n) is 4.70. The van der Waals surface area contributed by atoms with Gasteiger partial charge in [-0.1, -0.05) is 0 Å². The van der Waals surface area contributed by atoms with Crippen LogP contribution >= 0.6 is 0 Å². The summed E-state index contributed by atoms with van der Waals surface area (Å²) in [6, 6.07) is 4.10. The molecule has 0 spiro atoms. The minimum atomic E-state index is 0.542. The molecule has 2 aromatic rings. The number of oxazole rings is 1. The predicted octanol–water partition coefficient (Wildman–Crippen LogP) is 2.78. The Morgan fingerprint density at radius 1 is 1.21 bits per heavy atom. The van der Waals surface area contributed by atoms with Crippen LogP contribution in [-0.4, -0.2) is 18.6 Å². The van der Waals surface area contributed by atoms with E-state index in [0.717, 1.165) is 33.9 Å². The summed E-state index contributed by atoms with van der Waals surface area (Å²) in [6.45, 7) is 6.56. The molecule has 0 amide bonds. The van der Waals surface area contributed by atoms with Crippen LogP contribution in [0.2, 0.25) is 0 Å². The Morgan fingerprint density at radius 2 is 1.95 bits per heavy atom. The summed E-state index contributed by atoms with van der Waals surface area (Å²) in [5.74, 6) is 2.41. The standard InChI is InChI=1S/C15H20N2O2/c1-9-8-13(18-4)10(2)7-12(9)15-11(3)17-14(19-15)5-6-16/h7-8H,5-6,16H2,1-4H3. The van der Waals surface area contributed by atoms with Gasteiger partial charge in [0.05, 0.1) is 12.8 Å². The van der Waals surface area contributed by atoms with Crippen LogP contribution in [0.5, 0.6) is 5.75 Å². The minimum Gasteiger partial charge on any atom is -0.496 e. The molecule has 0 aliphatic carbocycles. The van der Waals surface area contributed by atoms with E-state index in [2.05, 4.69) is 11.1 Å². The van der Waals surface area contributed by atoms with Crippen LogP contribution < -0.4 is 10.5 Å². The number of aryl methyl sites for hydroxylation is 3. The maximum absolute atomic E-state index is 5.82. The van der Waals surface area contributed by atoms with E-state index in [-0.39, 0.29) is 0 Å². The number of methoxy groups -OCH3 is 1. The van der Waals surface area contributed by atoms with Crippen molar-refractivity contribution < 1.29 is 9.15 Å². The van der Waals surface area contributed by atoms with Gasteiger partial charge >= 0.3 is 0 Å². The van der Waals surface area contributed by atoms with Crippen molar-refractivity contribution in [2.24, 2.45) is 5.73 Å². The molecule has 4 heteroatoms. The highest BCUT2D eigenvalue weighted by Gasteiger charge is 2.15. The highest BCUT2D eigenvalue weighted by Crippen LogP contribution is 2.32. The first-order valence-electron chi connectivity index (χ1n) is 6.38. The third-order valence-corrected chi connectivity index (χ3v) is 3.19. The van der Waals surface area contributed by atoms with Crippen molar-refractivity contribution in [1.29, 1.82) is 0 Å². The van der Waals surface area contributed by atoms with Crippen LogP contribution in [0.15, 0.2) is 16.5 Å². The zero-order valence-electron chi connectivity index (χ0n) is 11.9. The molecule has 102 valence electrons. The predicted molar refractivity (Wildman–Crippen MR) is 75.5 cm³/mol. The zero-order valence-corrected chi connectivity index (χ0v) is 11.9. The number of nitrogens with two attached hydrogens (primary N) is 1. The molecule has 0 atom stereocenters. The van der Waals surface area contributed by atoms with Gasteiger partial charge in [-0.25, -0.2) is 4.98 Å². The van der Waals surface area contributed by atoms with E-state index in [1.54, 1.807) is 7.11 Å². The van der Waals surface area contributed by atoms with Gasteiger partial charge < -0.3 is 14.9 Å². The molecule has 0 saturated heterocycles. The van der Waals surface area contributed by atoms with Gasteiger partial charge in [-0.3, -0.25) is 0 Å². The third-order valence-electron chi connectivity index (χ3n) is 3.19. The maximum Gasteiger partial charge on any atom is 0.196 e. The SMILES string of the molecule is COc1cc(C)c(-c2oc(CCN)nc2C)cc1C. The number of aromatic nitrogens is 1. The molecule has 2 N–H and O–H groups in total. The minimum absolute atomic E-state index is 0.542. The van der Waals surface area contributed by atoms with Crippen molar-refractivity contribution in [3.8, 4) is 17.1 Å². The molecule has 0 radical (unpaired) electrons. The van der Waals surface area contributed by atoms with Crippen LogP contribution in [-0.2, 0) is 6.42 Å². The Kier molecular flexibility index (Phi) is 3.90. The van der Waals surface area contributed by atoms with E-state index in [4.69, 9.17) is 14.9 Å². The second kappa shape index (κ2) is 5.45. The number of hydrogen-bond acceptors (Lipinski definition) is 4. The molecule has 4 nitrogen and oxygen atoms in total. The Balaban J connectivity index is 2.49. The first-order chi connectivity index (χ1) is 9.06. The van der Waals surface area contributed by atoms with E-state index in [1.165, 1.54) is 0 Å². The average molecular weight is 260 g/mol. The molecule has 0 unspecified atom stereocenters. The van der Waals surface area contributed by atoms with Crippen molar-refractivity contribution >= 4 is 0 Å². The molecule has 0 fully saturated rings. The van der Waals surface area contributed by atoms with E-state index < -0.39 is 0 Å². The van der Waals surface area contributed by atoms with Crippen LogP contribution in [0.25, 0.3) is 11.3 Å². The molecule has 1 aromatic carbocycles. The normalized spacial score (nSPS) is 10.8. The maximum atomic E-state index is 5.82. The van der Waals surface area contributed by atoms with E-state index in [1.807, 2.05) is 26.8 Å². The van der Waals surface area contributed by atoms with E-state index >= 15 is 0 Å². The third kappa shape index (κ3) is 2.63. The molecule has 1 aromatic heterocycles. The topological polar surface area (TPSA) is 61.3 Å². The number of ether oxygens (including phenoxy) is 1. The van der Waals surface area contributed by atoms with Crippen LogP contribution in [0.1, 0.15) is 22.7 Å². The fraction of sp³-hybridized carbons (Fsp3) is 0.400. The van der Waals surface area contributed by atoms with Crippen molar-refractivity contribution in [2.45, 2.75) is 27.2 Å². The summed E-state index contributed by atoms with van der Waals surface area (Å²) in [5, 5.41) is 0. The van der Waals surface area contributed by atoms with Gasteiger partial charge in [-0.15, -0.1) is 0 Å². The van der Waals surface area contributed by atoms with Gasteiger partial charge in [-0.2, -0.15) is 0 Å².